The predicted octanol–water partition coefficient (Wildman–Crippen LogP) is 2.75. The summed E-state index contributed by atoms with van der Waals surface area (Å²) in [5.41, 5.74) is 1.27. The lowest BCUT2D eigenvalue weighted by Gasteiger charge is -2.35. The average molecular weight is 370 g/mol. The number of ether oxygens (including phenoxy) is 1. The molecule has 2 amide bonds. The molecule has 142 valence electrons. The Morgan fingerprint density at radius 1 is 1.00 bits per heavy atom. The molecule has 1 saturated heterocycles. The molecule has 0 saturated carbocycles. The molecule has 0 aromatic heterocycles. The maximum Gasteiger partial charge on any atom is 0.254 e. The first-order valence-electron chi connectivity index (χ1n) is 9.12. The minimum atomic E-state index is -0.542. The van der Waals surface area contributed by atoms with Gasteiger partial charge in [-0.05, 0) is 30.7 Å². The number of benzene rings is 2. The van der Waals surface area contributed by atoms with Crippen molar-refractivity contribution in [3.05, 3.63) is 65.5 Å². The van der Waals surface area contributed by atoms with Crippen LogP contribution < -0.4 is 4.74 Å². The summed E-state index contributed by atoms with van der Waals surface area (Å²) in [4.78, 5) is 28.4. The molecule has 0 aliphatic carbocycles. The van der Waals surface area contributed by atoms with Crippen molar-refractivity contribution >= 4 is 11.8 Å². The zero-order valence-electron chi connectivity index (χ0n) is 15.4. The minimum Gasteiger partial charge on any atom is -0.491 e. The number of piperazine rings is 1. The second kappa shape index (κ2) is 8.66. The SMILES string of the molecule is CCOc1ccc(C(=O)N2CCN(C(=O)Cc3ccccc3)CC2)cc1F. The Labute approximate surface area is 158 Å². The van der Waals surface area contributed by atoms with Crippen LogP contribution in [0.1, 0.15) is 22.8 Å². The fourth-order valence-corrected chi connectivity index (χ4v) is 3.13. The van der Waals surface area contributed by atoms with Gasteiger partial charge in [-0.1, -0.05) is 30.3 Å². The Balaban J connectivity index is 1.56. The van der Waals surface area contributed by atoms with Gasteiger partial charge in [-0.3, -0.25) is 9.59 Å². The summed E-state index contributed by atoms with van der Waals surface area (Å²) < 4.78 is 19.2. The molecule has 3 rings (SSSR count). The van der Waals surface area contributed by atoms with Crippen molar-refractivity contribution < 1.29 is 18.7 Å². The van der Waals surface area contributed by atoms with Crippen LogP contribution in [0.4, 0.5) is 4.39 Å². The molecule has 0 atom stereocenters. The number of hydrogen-bond donors (Lipinski definition) is 0. The van der Waals surface area contributed by atoms with Gasteiger partial charge in [0.15, 0.2) is 11.6 Å². The first kappa shape index (κ1) is 18.9. The topological polar surface area (TPSA) is 49.9 Å². The molecule has 0 unspecified atom stereocenters. The second-order valence-electron chi connectivity index (χ2n) is 6.41. The van der Waals surface area contributed by atoms with Gasteiger partial charge < -0.3 is 14.5 Å². The molecule has 0 spiro atoms. The number of carbonyl (C=O) groups is 2. The average Bonchev–Trinajstić information content (AvgIpc) is 2.70. The molecule has 1 fully saturated rings. The van der Waals surface area contributed by atoms with Gasteiger partial charge >= 0.3 is 0 Å². The molecule has 1 heterocycles. The first-order valence-corrected chi connectivity index (χ1v) is 9.12. The molecule has 6 heteroatoms. The van der Waals surface area contributed by atoms with Gasteiger partial charge in [0.05, 0.1) is 13.0 Å². The lowest BCUT2D eigenvalue weighted by atomic mass is 10.1. The van der Waals surface area contributed by atoms with Crippen molar-refractivity contribution in [2.75, 3.05) is 32.8 Å². The lowest BCUT2D eigenvalue weighted by molar-refractivity contribution is -0.131. The van der Waals surface area contributed by atoms with Crippen LogP contribution in [-0.4, -0.2) is 54.4 Å². The fraction of sp³-hybridized carbons (Fsp3) is 0.333. The monoisotopic (exact) mass is 370 g/mol. The highest BCUT2D eigenvalue weighted by Gasteiger charge is 2.25. The summed E-state index contributed by atoms with van der Waals surface area (Å²) in [5.74, 6) is -0.572. The first-order chi connectivity index (χ1) is 13.1. The lowest BCUT2D eigenvalue weighted by Crippen LogP contribution is -2.51. The number of nitrogens with zero attached hydrogens (tertiary/aromatic N) is 2. The van der Waals surface area contributed by atoms with Crippen LogP contribution in [0.25, 0.3) is 0 Å². The van der Waals surface area contributed by atoms with Crippen LogP contribution in [0.3, 0.4) is 0 Å². The Morgan fingerprint density at radius 2 is 1.67 bits per heavy atom. The van der Waals surface area contributed by atoms with Crippen molar-refractivity contribution in [2.45, 2.75) is 13.3 Å². The Hall–Kier alpha value is -2.89. The summed E-state index contributed by atoms with van der Waals surface area (Å²) >= 11 is 0. The molecule has 2 aromatic carbocycles. The van der Waals surface area contributed by atoms with Crippen molar-refractivity contribution in [2.24, 2.45) is 0 Å². The Morgan fingerprint density at radius 3 is 2.30 bits per heavy atom. The molecule has 0 radical (unpaired) electrons. The van der Waals surface area contributed by atoms with E-state index in [4.69, 9.17) is 4.74 Å². The zero-order chi connectivity index (χ0) is 19.2. The highest BCUT2D eigenvalue weighted by Crippen LogP contribution is 2.20. The van der Waals surface area contributed by atoms with E-state index in [2.05, 4.69) is 0 Å². The van der Waals surface area contributed by atoms with E-state index in [1.54, 1.807) is 22.8 Å². The maximum absolute atomic E-state index is 14.0. The summed E-state index contributed by atoms with van der Waals surface area (Å²) in [7, 11) is 0. The highest BCUT2D eigenvalue weighted by molar-refractivity contribution is 5.94. The maximum atomic E-state index is 14.0. The van der Waals surface area contributed by atoms with Crippen LogP contribution in [0.2, 0.25) is 0 Å². The van der Waals surface area contributed by atoms with Crippen molar-refractivity contribution in [1.29, 1.82) is 0 Å². The molecule has 2 aromatic rings. The predicted molar refractivity (Wildman–Crippen MR) is 100 cm³/mol. The van der Waals surface area contributed by atoms with Gasteiger partial charge in [-0.25, -0.2) is 4.39 Å². The summed E-state index contributed by atoms with van der Waals surface area (Å²) in [6.45, 7) is 3.98. The van der Waals surface area contributed by atoms with Crippen molar-refractivity contribution in [3.8, 4) is 5.75 Å². The highest BCUT2D eigenvalue weighted by atomic mass is 19.1. The zero-order valence-corrected chi connectivity index (χ0v) is 15.4. The van der Waals surface area contributed by atoms with Gasteiger partial charge in [0.2, 0.25) is 5.91 Å². The number of carbonyl (C=O) groups excluding carboxylic acids is 2. The standard InChI is InChI=1S/C21H23FN2O3/c1-2-27-19-9-8-17(15-18(19)22)21(26)24-12-10-23(11-13-24)20(25)14-16-6-4-3-5-7-16/h3-9,15H,2,10-14H2,1H3. The quantitative estimate of drug-likeness (QED) is 0.813. The van der Waals surface area contributed by atoms with Gasteiger partial charge in [0.1, 0.15) is 0 Å². The van der Waals surface area contributed by atoms with E-state index in [1.807, 2.05) is 30.3 Å². The van der Waals surface area contributed by atoms with E-state index < -0.39 is 5.82 Å². The number of halogens is 1. The van der Waals surface area contributed by atoms with E-state index in [0.29, 0.717) is 44.8 Å². The Kier molecular flexibility index (Phi) is 6.06. The van der Waals surface area contributed by atoms with E-state index in [-0.39, 0.29) is 17.6 Å². The molecule has 1 aliphatic rings. The van der Waals surface area contributed by atoms with E-state index in [0.717, 1.165) is 5.56 Å². The van der Waals surface area contributed by atoms with Crippen LogP contribution in [0.15, 0.2) is 48.5 Å². The van der Waals surface area contributed by atoms with Crippen LogP contribution in [0, 0.1) is 5.82 Å². The largest absolute Gasteiger partial charge is 0.491 e. The summed E-state index contributed by atoms with van der Waals surface area (Å²) in [6, 6.07) is 13.9. The molecular weight excluding hydrogens is 347 g/mol. The number of hydrogen-bond acceptors (Lipinski definition) is 3. The molecule has 5 nitrogen and oxygen atoms in total. The van der Waals surface area contributed by atoms with Crippen LogP contribution in [-0.2, 0) is 11.2 Å². The summed E-state index contributed by atoms with van der Waals surface area (Å²) in [6.07, 6.45) is 0.360. The molecular formula is C21H23FN2O3. The van der Waals surface area contributed by atoms with Crippen molar-refractivity contribution in [3.63, 3.8) is 0 Å². The molecule has 0 N–H and O–H groups in total. The molecule has 27 heavy (non-hydrogen) atoms. The molecule has 0 bridgehead atoms. The van der Waals surface area contributed by atoms with Crippen LogP contribution in [0.5, 0.6) is 5.75 Å². The summed E-state index contributed by atoms with van der Waals surface area (Å²) in [5, 5.41) is 0. The van der Waals surface area contributed by atoms with Gasteiger partial charge in [0.25, 0.3) is 5.91 Å². The third-order valence-electron chi connectivity index (χ3n) is 4.60. The van der Waals surface area contributed by atoms with Gasteiger partial charge in [-0.15, -0.1) is 0 Å². The number of amides is 2. The third-order valence-corrected chi connectivity index (χ3v) is 4.60. The minimum absolute atomic E-state index is 0.0559. The normalized spacial score (nSPS) is 14.1. The third kappa shape index (κ3) is 4.64. The van der Waals surface area contributed by atoms with Gasteiger partial charge in [-0.2, -0.15) is 0 Å². The fourth-order valence-electron chi connectivity index (χ4n) is 3.13. The van der Waals surface area contributed by atoms with E-state index >= 15 is 0 Å². The smallest absolute Gasteiger partial charge is 0.254 e. The number of rotatable bonds is 5. The van der Waals surface area contributed by atoms with Gasteiger partial charge in [0, 0.05) is 31.7 Å². The van der Waals surface area contributed by atoms with Crippen LogP contribution >= 0.6 is 0 Å². The van der Waals surface area contributed by atoms with E-state index in [9.17, 15) is 14.0 Å². The second-order valence-corrected chi connectivity index (χ2v) is 6.41. The van der Waals surface area contributed by atoms with E-state index in [1.165, 1.54) is 12.1 Å². The van der Waals surface area contributed by atoms with Crippen molar-refractivity contribution in [1.82, 2.24) is 9.80 Å². The Bertz CT molecular complexity index is 802. The molecule has 1 aliphatic heterocycles.